The van der Waals surface area contributed by atoms with E-state index in [9.17, 15) is 31.5 Å². The number of anilines is 2. The van der Waals surface area contributed by atoms with Gasteiger partial charge in [-0.3, -0.25) is 9.59 Å². The Labute approximate surface area is 211 Å². The van der Waals surface area contributed by atoms with E-state index in [-0.39, 0.29) is 39.5 Å². The van der Waals surface area contributed by atoms with Crippen LogP contribution in [0.25, 0.3) is 0 Å². The summed E-state index contributed by atoms with van der Waals surface area (Å²) in [6.07, 6.45) is -4.87. The van der Waals surface area contributed by atoms with Crippen LogP contribution < -0.4 is 16.0 Å². The highest BCUT2D eigenvalue weighted by Crippen LogP contribution is 2.41. The quantitative estimate of drug-likeness (QED) is 0.374. The average Bonchev–Trinajstić information content (AvgIpc) is 3.13. The van der Waals surface area contributed by atoms with Gasteiger partial charge in [-0.25, -0.2) is 8.78 Å². The van der Waals surface area contributed by atoms with E-state index in [1.165, 1.54) is 18.2 Å². The molecule has 3 N–H and O–H groups in total. The van der Waals surface area contributed by atoms with Gasteiger partial charge in [0.25, 0.3) is 11.8 Å². The summed E-state index contributed by atoms with van der Waals surface area (Å²) in [4.78, 5) is 25.9. The van der Waals surface area contributed by atoms with Gasteiger partial charge in [0.15, 0.2) is 0 Å². The third-order valence-corrected chi connectivity index (χ3v) is 6.35. The van der Waals surface area contributed by atoms with Crippen molar-refractivity contribution in [2.75, 3.05) is 23.8 Å². The molecule has 0 aromatic heterocycles. The highest BCUT2D eigenvalue weighted by molar-refractivity contribution is 6.31. The molecule has 1 saturated heterocycles. The first-order valence-electron chi connectivity index (χ1n) is 11.0. The largest absolute Gasteiger partial charge is 0.416 e. The summed E-state index contributed by atoms with van der Waals surface area (Å²) in [5.74, 6) is -3.43. The zero-order valence-electron chi connectivity index (χ0n) is 18.7. The van der Waals surface area contributed by atoms with Crippen molar-refractivity contribution in [2.24, 2.45) is 0 Å². The fraction of sp³-hybridized carbons (Fsp3) is 0.200. The van der Waals surface area contributed by atoms with Gasteiger partial charge >= 0.3 is 6.18 Å². The first-order chi connectivity index (χ1) is 17.5. The molecule has 0 radical (unpaired) electrons. The van der Waals surface area contributed by atoms with Crippen molar-refractivity contribution < 1.29 is 36.3 Å². The summed E-state index contributed by atoms with van der Waals surface area (Å²) in [6.45, 7) is 0.825. The molecule has 2 heterocycles. The Morgan fingerprint density at radius 2 is 1.78 bits per heavy atom. The van der Waals surface area contributed by atoms with Crippen LogP contribution in [-0.2, 0) is 10.9 Å². The fourth-order valence-electron chi connectivity index (χ4n) is 4.22. The van der Waals surface area contributed by atoms with E-state index in [1.54, 1.807) is 0 Å². The van der Waals surface area contributed by atoms with E-state index in [0.717, 1.165) is 12.1 Å². The molecule has 2 aliphatic heterocycles. The van der Waals surface area contributed by atoms with Crippen molar-refractivity contribution >= 4 is 34.8 Å². The number of carbonyl (C=O) groups excluding carboxylic acids is 2. The van der Waals surface area contributed by atoms with Gasteiger partial charge in [0.1, 0.15) is 11.6 Å². The zero-order chi connectivity index (χ0) is 26.5. The molecule has 3 aromatic carbocycles. The summed E-state index contributed by atoms with van der Waals surface area (Å²) in [5, 5.41) is 8.48. The summed E-state index contributed by atoms with van der Waals surface area (Å²) in [7, 11) is 0. The number of ether oxygens (including phenoxy) is 1. The molecule has 2 amide bonds. The summed E-state index contributed by atoms with van der Waals surface area (Å²) < 4.78 is 72.6. The van der Waals surface area contributed by atoms with Crippen molar-refractivity contribution in [3.63, 3.8) is 0 Å². The predicted octanol–water partition coefficient (Wildman–Crippen LogP) is 5.53. The summed E-state index contributed by atoms with van der Waals surface area (Å²) in [5.41, 5.74) is -0.850. The summed E-state index contributed by atoms with van der Waals surface area (Å²) >= 11 is 6.27. The van der Waals surface area contributed by atoms with Crippen molar-refractivity contribution in [3.05, 3.63) is 93.0 Å². The van der Waals surface area contributed by atoms with Gasteiger partial charge in [0.2, 0.25) is 0 Å². The van der Waals surface area contributed by atoms with Crippen molar-refractivity contribution in [3.8, 4) is 0 Å². The second-order valence-electron chi connectivity index (χ2n) is 8.62. The number of halogens is 6. The van der Waals surface area contributed by atoms with Crippen LogP contribution in [0.5, 0.6) is 0 Å². The molecule has 37 heavy (non-hydrogen) atoms. The maximum Gasteiger partial charge on any atom is 0.416 e. The second kappa shape index (κ2) is 9.31. The summed E-state index contributed by atoms with van der Waals surface area (Å²) in [6, 6.07) is 7.06. The smallest absolute Gasteiger partial charge is 0.378 e. The topological polar surface area (TPSA) is 79.5 Å². The molecular weight excluding hydrogens is 521 g/mol. The van der Waals surface area contributed by atoms with Crippen LogP contribution in [0.4, 0.5) is 33.3 Å². The van der Waals surface area contributed by atoms with Gasteiger partial charge < -0.3 is 20.7 Å². The van der Waals surface area contributed by atoms with Crippen LogP contribution in [-0.4, -0.2) is 31.1 Å². The van der Waals surface area contributed by atoms with E-state index in [2.05, 4.69) is 16.0 Å². The standard InChI is InChI=1S/C25H17ClF5N3O3/c26-19-2-1-13(27)6-17(19)22-21-18(24(36)34-22)7-15(32-16-9-37-10-16)8-20(21)33-23(35)11-3-12(25(29,30)31)5-14(28)4-11/h1-8,16,22,32H,9-10H2,(H,33,35)(H,34,36)/t22-/m0/s1. The molecule has 0 unspecified atom stereocenters. The SMILES string of the molecule is O=C(Nc1cc(NC2COC2)cc2c1[C@H](c1cc(F)ccc1Cl)NC2=O)c1cc(F)cc(C(F)(F)F)c1. The Morgan fingerprint density at radius 1 is 1.03 bits per heavy atom. The minimum Gasteiger partial charge on any atom is -0.378 e. The van der Waals surface area contributed by atoms with Crippen LogP contribution in [0.1, 0.15) is 43.4 Å². The number of hydrogen-bond acceptors (Lipinski definition) is 4. The number of benzene rings is 3. The molecule has 3 aromatic rings. The minimum atomic E-state index is -4.87. The van der Waals surface area contributed by atoms with Crippen molar-refractivity contribution in [1.82, 2.24) is 5.32 Å². The van der Waals surface area contributed by atoms with Gasteiger partial charge in [-0.2, -0.15) is 13.2 Å². The molecule has 0 bridgehead atoms. The third-order valence-electron chi connectivity index (χ3n) is 6.00. The molecule has 0 spiro atoms. The van der Waals surface area contributed by atoms with Crippen LogP contribution in [0.3, 0.4) is 0 Å². The third kappa shape index (κ3) is 4.96. The first kappa shape index (κ1) is 25.0. The normalized spacial score (nSPS) is 17.1. The second-order valence-corrected chi connectivity index (χ2v) is 9.02. The lowest BCUT2D eigenvalue weighted by atomic mass is 9.95. The maximum atomic E-state index is 14.0. The van der Waals surface area contributed by atoms with E-state index >= 15 is 0 Å². The van der Waals surface area contributed by atoms with Crippen molar-refractivity contribution in [2.45, 2.75) is 18.3 Å². The number of amides is 2. The van der Waals surface area contributed by atoms with Crippen LogP contribution in [0, 0.1) is 11.6 Å². The maximum absolute atomic E-state index is 14.0. The van der Waals surface area contributed by atoms with E-state index in [0.29, 0.717) is 31.0 Å². The van der Waals surface area contributed by atoms with E-state index in [4.69, 9.17) is 16.3 Å². The molecule has 0 saturated carbocycles. The Balaban J connectivity index is 1.59. The van der Waals surface area contributed by atoms with E-state index < -0.39 is 46.8 Å². The number of fused-ring (bicyclic) bond motifs is 1. The molecule has 1 atom stereocenters. The Hall–Kier alpha value is -3.70. The van der Waals surface area contributed by atoms with Gasteiger partial charge in [-0.15, -0.1) is 0 Å². The molecule has 0 aliphatic carbocycles. The zero-order valence-corrected chi connectivity index (χ0v) is 19.4. The number of carbonyl (C=O) groups is 2. The van der Waals surface area contributed by atoms with Gasteiger partial charge in [0.05, 0.1) is 30.9 Å². The van der Waals surface area contributed by atoms with Gasteiger partial charge in [-0.1, -0.05) is 11.6 Å². The van der Waals surface area contributed by atoms with Crippen LogP contribution >= 0.6 is 11.6 Å². The highest BCUT2D eigenvalue weighted by Gasteiger charge is 2.36. The number of rotatable bonds is 5. The average molecular weight is 538 g/mol. The minimum absolute atomic E-state index is 0.0479. The molecule has 12 heteroatoms. The Morgan fingerprint density at radius 3 is 2.46 bits per heavy atom. The Kier molecular flexibility index (Phi) is 6.28. The van der Waals surface area contributed by atoms with Crippen LogP contribution in [0.15, 0.2) is 48.5 Å². The fourth-order valence-corrected chi connectivity index (χ4v) is 4.45. The number of hydrogen-bond donors (Lipinski definition) is 3. The molecule has 2 aliphatic rings. The lowest BCUT2D eigenvalue weighted by Crippen LogP contribution is -2.40. The molecular formula is C25H17ClF5N3O3. The lowest BCUT2D eigenvalue weighted by molar-refractivity contribution is -0.137. The van der Waals surface area contributed by atoms with Crippen LogP contribution in [0.2, 0.25) is 5.02 Å². The van der Waals surface area contributed by atoms with Gasteiger partial charge in [-0.05, 0) is 48.5 Å². The monoisotopic (exact) mass is 537 g/mol. The molecule has 5 rings (SSSR count). The first-order valence-corrected chi connectivity index (χ1v) is 11.3. The number of nitrogens with one attached hydrogen (secondary N) is 3. The highest BCUT2D eigenvalue weighted by atomic mass is 35.5. The lowest BCUT2D eigenvalue weighted by Gasteiger charge is -2.28. The molecule has 1 fully saturated rings. The van der Waals surface area contributed by atoms with Crippen molar-refractivity contribution in [1.29, 1.82) is 0 Å². The Bertz CT molecular complexity index is 1430. The van der Waals surface area contributed by atoms with E-state index in [1.807, 2.05) is 0 Å². The molecule has 192 valence electrons. The number of alkyl halides is 3. The molecule has 6 nitrogen and oxygen atoms in total. The van der Waals surface area contributed by atoms with Gasteiger partial charge in [0, 0.05) is 38.7 Å². The predicted molar refractivity (Wildman–Crippen MR) is 125 cm³/mol.